The number of hydrogen-bond acceptors (Lipinski definition) is 2. The Morgan fingerprint density at radius 2 is 1.61 bits per heavy atom. The Bertz CT molecular complexity index is 959. The van der Waals surface area contributed by atoms with Crippen molar-refractivity contribution >= 4 is 5.91 Å². The van der Waals surface area contributed by atoms with Gasteiger partial charge in [-0.3, -0.25) is 4.79 Å². The maximum Gasteiger partial charge on any atom is 0.253 e. The van der Waals surface area contributed by atoms with Gasteiger partial charge in [-0.25, -0.2) is 0 Å². The lowest BCUT2D eigenvalue weighted by molar-refractivity contribution is 0.0936. The van der Waals surface area contributed by atoms with Gasteiger partial charge in [0.25, 0.3) is 5.91 Å². The maximum absolute atomic E-state index is 13.2. The molecule has 0 aliphatic heterocycles. The normalized spacial score (nSPS) is 12.2. The molecule has 164 valence electrons. The molecule has 0 spiro atoms. The van der Waals surface area contributed by atoms with Gasteiger partial charge in [0, 0.05) is 17.4 Å². The summed E-state index contributed by atoms with van der Waals surface area (Å²) in [6.07, 6.45) is 2.06. The fourth-order valence-electron chi connectivity index (χ4n) is 4.10. The first-order valence-electron chi connectivity index (χ1n) is 11.4. The molecule has 3 rings (SSSR count). The first-order chi connectivity index (χ1) is 15.0. The predicted molar refractivity (Wildman–Crippen MR) is 130 cm³/mol. The van der Waals surface area contributed by atoms with Gasteiger partial charge in [0.1, 0.15) is 0 Å². The van der Waals surface area contributed by atoms with Gasteiger partial charge in [0.05, 0.1) is 11.3 Å². The van der Waals surface area contributed by atoms with Crippen LogP contribution >= 0.6 is 0 Å². The molecular formula is C27H35N3O. The van der Waals surface area contributed by atoms with Crippen molar-refractivity contribution in [3.63, 3.8) is 0 Å². The molecule has 1 N–H and O–H groups in total. The van der Waals surface area contributed by atoms with Crippen molar-refractivity contribution in [1.29, 1.82) is 0 Å². The fourth-order valence-corrected chi connectivity index (χ4v) is 4.10. The number of carbonyl (C=O) groups excluding carboxylic acids is 1. The van der Waals surface area contributed by atoms with Crippen LogP contribution in [0.4, 0.5) is 0 Å². The summed E-state index contributed by atoms with van der Waals surface area (Å²) in [5, 5.41) is 3.22. The predicted octanol–water partition coefficient (Wildman–Crippen LogP) is 5.69. The Morgan fingerprint density at radius 1 is 1.00 bits per heavy atom. The Labute approximate surface area is 186 Å². The van der Waals surface area contributed by atoms with Crippen molar-refractivity contribution in [1.82, 2.24) is 14.8 Å². The third-order valence-electron chi connectivity index (χ3n) is 5.96. The van der Waals surface area contributed by atoms with Crippen molar-refractivity contribution in [3.05, 3.63) is 78.0 Å². The highest BCUT2D eigenvalue weighted by Gasteiger charge is 2.20. The van der Waals surface area contributed by atoms with Gasteiger partial charge in [-0.15, -0.1) is 0 Å². The molecule has 0 aliphatic rings. The van der Waals surface area contributed by atoms with Gasteiger partial charge in [0.2, 0.25) is 0 Å². The number of hydrogen-bond donors (Lipinski definition) is 1. The molecule has 1 amide bonds. The number of para-hydroxylation sites is 1. The summed E-state index contributed by atoms with van der Waals surface area (Å²) >= 11 is 0. The Kier molecular flexibility index (Phi) is 8.07. The van der Waals surface area contributed by atoms with E-state index in [0.717, 1.165) is 60.7 Å². The SMILES string of the molecule is CCN(CC)CCCC(C)NC(=O)c1cc(-c2ccccc2)n(-c2ccccc2)c1C. The second-order valence-electron chi connectivity index (χ2n) is 8.11. The van der Waals surface area contributed by atoms with E-state index in [1.165, 1.54) is 0 Å². The molecule has 1 aromatic heterocycles. The topological polar surface area (TPSA) is 37.3 Å². The maximum atomic E-state index is 13.2. The Morgan fingerprint density at radius 3 is 2.23 bits per heavy atom. The molecule has 0 bridgehead atoms. The summed E-state index contributed by atoms with van der Waals surface area (Å²) in [5.74, 6) is -0.000276. The first-order valence-corrected chi connectivity index (χ1v) is 11.4. The van der Waals surface area contributed by atoms with Crippen LogP contribution < -0.4 is 5.32 Å². The molecule has 1 atom stereocenters. The molecule has 1 unspecified atom stereocenters. The van der Waals surface area contributed by atoms with E-state index in [9.17, 15) is 4.79 Å². The molecule has 4 heteroatoms. The van der Waals surface area contributed by atoms with Gasteiger partial charge in [-0.2, -0.15) is 0 Å². The van der Waals surface area contributed by atoms with E-state index in [1.807, 2.05) is 49.4 Å². The minimum absolute atomic E-state index is 0.000276. The Hall–Kier alpha value is -2.85. The van der Waals surface area contributed by atoms with E-state index in [2.05, 4.69) is 59.8 Å². The summed E-state index contributed by atoms with van der Waals surface area (Å²) in [7, 11) is 0. The van der Waals surface area contributed by atoms with Crippen LogP contribution in [-0.4, -0.2) is 41.1 Å². The first kappa shape index (κ1) is 22.8. The molecule has 0 aliphatic carbocycles. The van der Waals surface area contributed by atoms with Crippen LogP contribution in [0.5, 0.6) is 0 Å². The zero-order valence-corrected chi connectivity index (χ0v) is 19.3. The number of benzene rings is 2. The highest BCUT2D eigenvalue weighted by molar-refractivity contribution is 5.97. The van der Waals surface area contributed by atoms with E-state index in [1.54, 1.807) is 0 Å². The third kappa shape index (κ3) is 5.65. The minimum atomic E-state index is -0.000276. The highest BCUT2D eigenvalue weighted by atomic mass is 16.1. The van der Waals surface area contributed by atoms with E-state index >= 15 is 0 Å². The fraction of sp³-hybridized carbons (Fsp3) is 0.370. The second-order valence-corrected chi connectivity index (χ2v) is 8.11. The third-order valence-corrected chi connectivity index (χ3v) is 5.96. The van der Waals surface area contributed by atoms with Gasteiger partial charge in [-0.1, -0.05) is 62.4 Å². The zero-order valence-electron chi connectivity index (χ0n) is 19.3. The van der Waals surface area contributed by atoms with Gasteiger partial charge >= 0.3 is 0 Å². The van der Waals surface area contributed by atoms with Crippen LogP contribution in [0.2, 0.25) is 0 Å². The van der Waals surface area contributed by atoms with Crippen LogP contribution in [0.3, 0.4) is 0 Å². The van der Waals surface area contributed by atoms with Gasteiger partial charge < -0.3 is 14.8 Å². The number of carbonyl (C=O) groups is 1. The van der Waals surface area contributed by atoms with Crippen molar-refractivity contribution in [2.75, 3.05) is 19.6 Å². The Balaban J connectivity index is 1.81. The molecule has 0 fully saturated rings. The van der Waals surface area contributed by atoms with E-state index in [4.69, 9.17) is 0 Å². The van der Waals surface area contributed by atoms with E-state index in [-0.39, 0.29) is 11.9 Å². The average molecular weight is 418 g/mol. The molecule has 4 nitrogen and oxygen atoms in total. The summed E-state index contributed by atoms with van der Waals surface area (Å²) in [6, 6.07) is 22.7. The minimum Gasteiger partial charge on any atom is -0.350 e. The van der Waals surface area contributed by atoms with Crippen LogP contribution in [-0.2, 0) is 0 Å². The molecule has 2 aromatic carbocycles. The highest BCUT2D eigenvalue weighted by Crippen LogP contribution is 2.29. The number of nitrogens with zero attached hydrogens (tertiary/aromatic N) is 2. The molecule has 31 heavy (non-hydrogen) atoms. The second kappa shape index (κ2) is 11.0. The van der Waals surface area contributed by atoms with E-state index in [0.29, 0.717) is 0 Å². The lowest BCUT2D eigenvalue weighted by Gasteiger charge is -2.19. The summed E-state index contributed by atoms with van der Waals surface area (Å²) in [5.41, 5.74) is 4.88. The number of amides is 1. The lowest BCUT2D eigenvalue weighted by atomic mass is 10.1. The molecule has 3 aromatic rings. The van der Waals surface area contributed by atoms with Crippen LogP contribution in [0.15, 0.2) is 66.7 Å². The van der Waals surface area contributed by atoms with Crippen molar-refractivity contribution < 1.29 is 4.79 Å². The quantitative estimate of drug-likeness (QED) is 0.460. The smallest absolute Gasteiger partial charge is 0.253 e. The summed E-state index contributed by atoms with van der Waals surface area (Å²) in [6.45, 7) is 11.7. The molecular weight excluding hydrogens is 382 g/mol. The lowest BCUT2D eigenvalue weighted by Crippen LogP contribution is -2.34. The monoisotopic (exact) mass is 417 g/mol. The number of rotatable bonds is 10. The van der Waals surface area contributed by atoms with Crippen LogP contribution in [0, 0.1) is 6.92 Å². The van der Waals surface area contributed by atoms with Crippen LogP contribution in [0.1, 0.15) is 49.7 Å². The van der Waals surface area contributed by atoms with Gasteiger partial charge in [0.15, 0.2) is 0 Å². The van der Waals surface area contributed by atoms with Crippen molar-refractivity contribution in [3.8, 4) is 16.9 Å². The zero-order chi connectivity index (χ0) is 22.2. The summed E-state index contributed by atoms with van der Waals surface area (Å²) < 4.78 is 2.18. The summed E-state index contributed by atoms with van der Waals surface area (Å²) in [4.78, 5) is 15.6. The molecule has 0 saturated heterocycles. The standard InChI is InChI=1S/C27H35N3O/c1-5-29(6-2)19-13-14-21(3)28-27(31)25-20-26(23-15-9-7-10-16-23)30(22(25)4)24-17-11-8-12-18-24/h7-12,15-18,20-21H,5-6,13-14,19H2,1-4H3,(H,28,31). The van der Waals surface area contributed by atoms with Crippen molar-refractivity contribution in [2.45, 2.75) is 46.6 Å². The number of nitrogens with one attached hydrogen (secondary N) is 1. The molecule has 1 heterocycles. The molecule has 0 radical (unpaired) electrons. The van der Waals surface area contributed by atoms with Crippen LogP contribution in [0.25, 0.3) is 16.9 Å². The largest absolute Gasteiger partial charge is 0.350 e. The van der Waals surface area contributed by atoms with Crippen molar-refractivity contribution in [2.24, 2.45) is 0 Å². The number of aromatic nitrogens is 1. The average Bonchev–Trinajstić information content (AvgIpc) is 3.15. The molecule has 0 saturated carbocycles. The van der Waals surface area contributed by atoms with E-state index < -0.39 is 0 Å². The van der Waals surface area contributed by atoms with Gasteiger partial charge in [-0.05, 0) is 70.1 Å².